The molecule has 2 saturated heterocycles. The molecule has 4 rings (SSSR count). The summed E-state index contributed by atoms with van der Waals surface area (Å²) in [5.74, 6) is 0.580. The number of carbonyl (C=O) groups is 1. The Morgan fingerprint density at radius 3 is 2.87 bits per heavy atom. The van der Waals surface area contributed by atoms with Crippen LogP contribution in [0.3, 0.4) is 0 Å². The van der Waals surface area contributed by atoms with E-state index in [-0.39, 0.29) is 30.3 Å². The second-order valence-corrected chi connectivity index (χ2v) is 8.57. The summed E-state index contributed by atoms with van der Waals surface area (Å²) in [5.41, 5.74) is 1.84. The molecule has 1 aromatic rings. The van der Waals surface area contributed by atoms with Crippen LogP contribution in [0.1, 0.15) is 43.0 Å². The van der Waals surface area contributed by atoms with Gasteiger partial charge in [-0.15, -0.1) is 0 Å². The highest BCUT2D eigenvalue weighted by atomic mass is 16.7. The van der Waals surface area contributed by atoms with Crippen LogP contribution >= 0.6 is 0 Å². The van der Waals surface area contributed by atoms with E-state index in [0.717, 1.165) is 31.3 Å². The summed E-state index contributed by atoms with van der Waals surface area (Å²) >= 11 is 0. The van der Waals surface area contributed by atoms with Crippen LogP contribution in [0, 0.1) is 5.92 Å². The highest BCUT2D eigenvalue weighted by Gasteiger charge is 2.60. The first kappa shape index (κ1) is 21.9. The largest absolute Gasteiger partial charge is 0.497 e. The zero-order chi connectivity index (χ0) is 22.2. The van der Waals surface area contributed by atoms with Gasteiger partial charge < -0.3 is 28.8 Å². The number of carbonyl (C=O) groups excluding carboxylic acids is 1. The summed E-state index contributed by atoms with van der Waals surface area (Å²) in [6, 6.07) is 4.99. The molecule has 0 bridgehead atoms. The Labute approximate surface area is 182 Å². The summed E-state index contributed by atoms with van der Waals surface area (Å²) in [7, 11) is 3.06. The lowest BCUT2D eigenvalue weighted by Gasteiger charge is -2.20. The van der Waals surface area contributed by atoms with Crippen LogP contribution in [-0.4, -0.2) is 56.0 Å². The molecule has 7 nitrogen and oxygen atoms in total. The van der Waals surface area contributed by atoms with Crippen molar-refractivity contribution in [2.75, 3.05) is 20.8 Å². The van der Waals surface area contributed by atoms with Crippen molar-refractivity contribution in [2.45, 2.75) is 56.7 Å². The van der Waals surface area contributed by atoms with E-state index < -0.39 is 12.3 Å². The first-order valence-electron chi connectivity index (χ1n) is 10.6. The Hall–Kier alpha value is -2.35. The van der Waals surface area contributed by atoms with Crippen molar-refractivity contribution in [3.8, 4) is 11.5 Å². The molecule has 3 aliphatic rings. The third-order valence-corrected chi connectivity index (χ3v) is 6.58. The number of rotatable bonds is 5. The molecule has 2 fully saturated rings. The first-order valence-corrected chi connectivity index (χ1v) is 10.6. The van der Waals surface area contributed by atoms with E-state index in [1.54, 1.807) is 25.3 Å². The molecule has 0 saturated carbocycles. The summed E-state index contributed by atoms with van der Waals surface area (Å²) in [6.45, 7) is 6.31. The fraction of sp³-hybridized carbons (Fsp3) is 0.542. The lowest BCUT2D eigenvalue weighted by atomic mass is 9.84. The first-order chi connectivity index (χ1) is 14.9. The maximum absolute atomic E-state index is 12.7. The fourth-order valence-corrected chi connectivity index (χ4v) is 4.57. The number of hydrogen-bond donors (Lipinski definition) is 1. The maximum atomic E-state index is 12.7. The number of methoxy groups -OCH3 is 2. The quantitative estimate of drug-likeness (QED) is 0.435. The molecule has 0 aromatic heterocycles. The predicted octanol–water partition coefficient (Wildman–Crippen LogP) is 3.41. The standard InChI is InChI=1S/C24H30O7/c1-14-17-9-7-15(6-5-11-24(2)21(31-24)20(17)30-22(14)25)13-29-23(26)18-10-8-16(27-3)12-19(18)28-4/h6,8,10,12,17,20-22,25H,1,5,7,9,11,13H2,2-4H3/b15-6+/t17-,20-,21-,22?,24+/m0/s1. The molecule has 0 spiro atoms. The Morgan fingerprint density at radius 1 is 1.32 bits per heavy atom. The lowest BCUT2D eigenvalue weighted by molar-refractivity contribution is -0.0873. The number of fused-ring (bicyclic) bond motifs is 3. The molecule has 2 aliphatic heterocycles. The van der Waals surface area contributed by atoms with E-state index >= 15 is 0 Å². The van der Waals surface area contributed by atoms with Crippen LogP contribution < -0.4 is 9.47 Å². The minimum atomic E-state index is -0.947. The molecule has 31 heavy (non-hydrogen) atoms. The van der Waals surface area contributed by atoms with Gasteiger partial charge in [0.2, 0.25) is 0 Å². The minimum Gasteiger partial charge on any atom is -0.497 e. The number of epoxide rings is 1. The SMILES string of the molecule is C=C1C(O)O[C@H]2[C@H]1CC/C(COC(=O)c1ccc(OC)cc1OC)=C\CC[C@@]1(C)O[C@@H]21. The minimum absolute atomic E-state index is 0.0123. The van der Waals surface area contributed by atoms with Gasteiger partial charge in [-0.3, -0.25) is 0 Å². The van der Waals surface area contributed by atoms with Crippen LogP contribution in [0.15, 0.2) is 42.0 Å². The van der Waals surface area contributed by atoms with Crippen LogP contribution in [-0.2, 0) is 14.2 Å². The molecule has 1 aliphatic carbocycles. The Balaban J connectivity index is 1.44. The number of hydrogen-bond acceptors (Lipinski definition) is 7. The van der Waals surface area contributed by atoms with Crippen molar-refractivity contribution < 1.29 is 33.6 Å². The number of aliphatic hydroxyl groups is 1. The average molecular weight is 430 g/mol. The number of aliphatic hydroxyl groups excluding tert-OH is 1. The molecule has 7 heteroatoms. The van der Waals surface area contributed by atoms with Crippen molar-refractivity contribution in [2.24, 2.45) is 5.92 Å². The summed E-state index contributed by atoms with van der Waals surface area (Å²) < 4.78 is 27.8. The topological polar surface area (TPSA) is 86.8 Å². The van der Waals surface area contributed by atoms with Gasteiger partial charge in [0.1, 0.15) is 29.8 Å². The Morgan fingerprint density at radius 2 is 2.13 bits per heavy atom. The van der Waals surface area contributed by atoms with Gasteiger partial charge in [0.25, 0.3) is 0 Å². The monoisotopic (exact) mass is 430 g/mol. The van der Waals surface area contributed by atoms with Crippen LogP contribution in [0.2, 0.25) is 0 Å². The molecule has 1 N–H and O–H groups in total. The van der Waals surface area contributed by atoms with E-state index in [2.05, 4.69) is 19.6 Å². The van der Waals surface area contributed by atoms with Gasteiger partial charge >= 0.3 is 5.97 Å². The average Bonchev–Trinajstić information content (AvgIpc) is 3.36. The molecule has 168 valence electrons. The summed E-state index contributed by atoms with van der Waals surface area (Å²) in [6.07, 6.45) is 4.15. The highest BCUT2D eigenvalue weighted by Crippen LogP contribution is 2.50. The normalized spacial score (nSPS) is 34.1. The lowest BCUT2D eigenvalue weighted by Crippen LogP contribution is -2.29. The summed E-state index contributed by atoms with van der Waals surface area (Å²) in [5, 5.41) is 10.1. The Kier molecular flexibility index (Phi) is 6.10. The number of ether oxygens (including phenoxy) is 5. The molecule has 5 atom stereocenters. The number of esters is 1. The molecular formula is C24H30O7. The number of allylic oxidation sites excluding steroid dienone is 1. The van der Waals surface area contributed by atoms with Gasteiger partial charge in [0, 0.05) is 12.0 Å². The fourth-order valence-electron chi connectivity index (χ4n) is 4.57. The smallest absolute Gasteiger partial charge is 0.342 e. The second kappa shape index (κ2) is 8.65. The van der Waals surface area contributed by atoms with Crippen molar-refractivity contribution in [3.63, 3.8) is 0 Å². The van der Waals surface area contributed by atoms with E-state index in [9.17, 15) is 9.90 Å². The maximum Gasteiger partial charge on any atom is 0.342 e. The number of benzene rings is 1. The molecule has 0 radical (unpaired) electrons. The Bertz CT molecular complexity index is 892. The molecule has 2 heterocycles. The van der Waals surface area contributed by atoms with Gasteiger partial charge in [0.05, 0.1) is 25.9 Å². The van der Waals surface area contributed by atoms with E-state index in [1.807, 2.05) is 0 Å². The van der Waals surface area contributed by atoms with Crippen molar-refractivity contribution in [3.05, 3.63) is 47.6 Å². The van der Waals surface area contributed by atoms with Crippen LogP contribution in [0.5, 0.6) is 11.5 Å². The highest BCUT2D eigenvalue weighted by molar-refractivity contribution is 5.92. The molecule has 1 aromatic carbocycles. The van der Waals surface area contributed by atoms with Crippen molar-refractivity contribution >= 4 is 5.97 Å². The third-order valence-electron chi connectivity index (χ3n) is 6.58. The zero-order valence-electron chi connectivity index (χ0n) is 18.3. The third kappa shape index (κ3) is 4.35. The second-order valence-electron chi connectivity index (χ2n) is 8.57. The van der Waals surface area contributed by atoms with E-state index in [4.69, 9.17) is 23.7 Å². The molecule has 0 amide bonds. The van der Waals surface area contributed by atoms with E-state index in [1.165, 1.54) is 7.11 Å². The van der Waals surface area contributed by atoms with Gasteiger partial charge in [-0.25, -0.2) is 4.79 Å². The molecule has 1 unspecified atom stereocenters. The van der Waals surface area contributed by atoms with Crippen molar-refractivity contribution in [1.82, 2.24) is 0 Å². The van der Waals surface area contributed by atoms with Crippen LogP contribution in [0.4, 0.5) is 0 Å². The van der Waals surface area contributed by atoms with Crippen molar-refractivity contribution in [1.29, 1.82) is 0 Å². The molecular weight excluding hydrogens is 400 g/mol. The predicted molar refractivity (Wildman–Crippen MR) is 113 cm³/mol. The van der Waals surface area contributed by atoms with Gasteiger partial charge in [-0.05, 0) is 55.9 Å². The zero-order valence-corrected chi connectivity index (χ0v) is 18.3. The van der Waals surface area contributed by atoms with Gasteiger partial charge in [-0.2, -0.15) is 0 Å². The van der Waals surface area contributed by atoms with E-state index in [0.29, 0.717) is 22.6 Å². The summed E-state index contributed by atoms with van der Waals surface area (Å²) in [4.78, 5) is 12.7. The van der Waals surface area contributed by atoms with Crippen LogP contribution in [0.25, 0.3) is 0 Å². The van der Waals surface area contributed by atoms with Gasteiger partial charge in [0.15, 0.2) is 6.29 Å². The van der Waals surface area contributed by atoms with Gasteiger partial charge in [-0.1, -0.05) is 12.7 Å².